The quantitative estimate of drug-likeness (QED) is 0.534. The molecule has 2 heterocycles. The van der Waals surface area contributed by atoms with Crippen LogP contribution in [-0.2, 0) is 4.79 Å². The van der Waals surface area contributed by atoms with E-state index in [1.54, 1.807) is 4.90 Å². The fourth-order valence-corrected chi connectivity index (χ4v) is 2.64. The van der Waals surface area contributed by atoms with Crippen LogP contribution >= 0.6 is 0 Å². The minimum Gasteiger partial charge on any atom is -0.390 e. The first kappa shape index (κ1) is 8.97. The first-order valence-corrected chi connectivity index (χ1v) is 4.76. The zero-order valence-electron chi connectivity index (χ0n) is 7.68. The number of fused-ring (bicyclic) bond motifs is 2. The lowest BCUT2D eigenvalue weighted by Crippen LogP contribution is -2.55. The number of aliphatic hydroxyl groups is 2. The van der Waals surface area contributed by atoms with Crippen molar-refractivity contribution in [3.8, 4) is 0 Å². The maximum Gasteiger partial charge on any atom is 0.220 e. The van der Waals surface area contributed by atoms with Crippen LogP contribution in [0.15, 0.2) is 0 Å². The number of hydrogen-bond acceptors (Lipinski definition) is 3. The van der Waals surface area contributed by atoms with Crippen molar-refractivity contribution in [1.29, 1.82) is 0 Å². The Morgan fingerprint density at radius 2 is 2.08 bits per heavy atom. The summed E-state index contributed by atoms with van der Waals surface area (Å²) in [4.78, 5) is 13.0. The number of piperidine rings is 1. The minimum atomic E-state index is -0.748. The van der Waals surface area contributed by atoms with Crippen LogP contribution in [-0.4, -0.2) is 45.3 Å². The molecule has 2 saturated heterocycles. The van der Waals surface area contributed by atoms with Gasteiger partial charge < -0.3 is 15.1 Å². The van der Waals surface area contributed by atoms with Crippen LogP contribution in [0.1, 0.15) is 26.2 Å². The monoisotopic (exact) mass is 185 g/mol. The Bertz CT molecular complexity index is 231. The lowest BCUT2D eigenvalue weighted by Gasteiger charge is -2.39. The average Bonchev–Trinajstić information content (AvgIpc) is 2.40. The van der Waals surface area contributed by atoms with Gasteiger partial charge in [-0.15, -0.1) is 0 Å². The van der Waals surface area contributed by atoms with E-state index in [1.165, 1.54) is 6.92 Å². The molecule has 2 rings (SSSR count). The van der Waals surface area contributed by atoms with E-state index in [9.17, 15) is 15.0 Å². The molecule has 74 valence electrons. The summed E-state index contributed by atoms with van der Waals surface area (Å²) in [6.45, 7) is 1.52. The Morgan fingerprint density at radius 3 is 2.69 bits per heavy atom. The van der Waals surface area contributed by atoms with Crippen molar-refractivity contribution < 1.29 is 15.0 Å². The van der Waals surface area contributed by atoms with Crippen LogP contribution in [0.2, 0.25) is 0 Å². The molecule has 0 radical (unpaired) electrons. The summed E-state index contributed by atoms with van der Waals surface area (Å²) in [5, 5.41) is 19.1. The maximum absolute atomic E-state index is 11.2. The summed E-state index contributed by atoms with van der Waals surface area (Å²) in [5.41, 5.74) is 0. The highest BCUT2D eigenvalue weighted by Gasteiger charge is 2.47. The van der Waals surface area contributed by atoms with Gasteiger partial charge in [0.2, 0.25) is 5.91 Å². The fourth-order valence-electron chi connectivity index (χ4n) is 2.64. The first-order valence-electron chi connectivity index (χ1n) is 4.76. The number of nitrogens with zero attached hydrogens (tertiary/aromatic N) is 1. The van der Waals surface area contributed by atoms with Crippen LogP contribution < -0.4 is 0 Å². The van der Waals surface area contributed by atoms with Crippen LogP contribution in [0.5, 0.6) is 0 Å². The Kier molecular flexibility index (Phi) is 2.04. The molecule has 2 bridgehead atoms. The summed E-state index contributed by atoms with van der Waals surface area (Å²) < 4.78 is 0. The predicted molar refractivity (Wildman–Crippen MR) is 46.0 cm³/mol. The van der Waals surface area contributed by atoms with Crippen LogP contribution in [0.4, 0.5) is 0 Å². The van der Waals surface area contributed by atoms with E-state index in [4.69, 9.17) is 0 Å². The largest absolute Gasteiger partial charge is 0.390 e. The molecule has 0 aromatic rings. The SMILES string of the molecule is CC(=O)N1[C@@H]2CC[C@H]1[C@@H](O)[C@H](O)C2. The number of amides is 1. The summed E-state index contributed by atoms with van der Waals surface area (Å²) in [7, 11) is 0. The number of hydrogen-bond donors (Lipinski definition) is 2. The summed E-state index contributed by atoms with van der Waals surface area (Å²) in [6, 6.07) is 0.00662. The van der Waals surface area contributed by atoms with Crippen molar-refractivity contribution >= 4 is 5.91 Å². The highest BCUT2D eigenvalue weighted by atomic mass is 16.3. The van der Waals surface area contributed by atoms with Crippen molar-refractivity contribution in [3.05, 3.63) is 0 Å². The van der Waals surface area contributed by atoms with Crippen molar-refractivity contribution in [1.82, 2.24) is 4.90 Å². The van der Waals surface area contributed by atoms with Gasteiger partial charge in [-0.05, 0) is 19.3 Å². The van der Waals surface area contributed by atoms with E-state index in [1.807, 2.05) is 0 Å². The Morgan fingerprint density at radius 1 is 1.38 bits per heavy atom. The van der Waals surface area contributed by atoms with E-state index < -0.39 is 12.2 Å². The lowest BCUT2D eigenvalue weighted by molar-refractivity contribution is -0.143. The Labute approximate surface area is 77.2 Å². The molecule has 0 aliphatic carbocycles. The number of aliphatic hydroxyl groups excluding tert-OH is 2. The zero-order chi connectivity index (χ0) is 9.59. The average molecular weight is 185 g/mol. The molecule has 0 aromatic carbocycles. The van der Waals surface area contributed by atoms with Crippen molar-refractivity contribution in [3.63, 3.8) is 0 Å². The molecule has 4 heteroatoms. The van der Waals surface area contributed by atoms with E-state index in [0.29, 0.717) is 6.42 Å². The van der Waals surface area contributed by atoms with Gasteiger partial charge in [0.25, 0.3) is 0 Å². The Hall–Kier alpha value is -0.610. The molecule has 2 N–H and O–H groups in total. The molecule has 0 unspecified atom stereocenters. The van der Waals surface area contributed by atoms with Gasteiger partial charge in [0, 0.05) is 13.0 Å². The Balaban J connectivity index is 2.21. The molecule has 4 nitrogen and oxygen atoms in total. The van der Waals surface area contributed by atoms with E-state index in [0.717, 1.165) is 12.8 Å². The highest BCUT2D eigenvalue weighted by molar-refractivity contribution is 5.74. The maximum atomic E-state index is 11.2. The van der Waals surface area contributed by atoms with Crippen molar-refractivity contribution in [2.24, 2.45) is 0 Å². The highest BCUT2D eigenvalue weighted by Crippen LogP contribution is 2.35. The van der Waals surface area contributed by atoms with Crippen LogP contribution in [0.25, 0.3) is 0 Å². The normalized spacial score (nSPS) is 43.8. The van der Waals surface area contributed by atoms with Gasteiger partial charge in [-0.2, -0.15) is 0 Å². The van der Waals surface area contributed by atoms with Gasteiger partial charge >= 0.3 is 0 Å². The molecule has 0 aromatic heterocycles. The number of carbonyl (C=O) groups is 1. The summed E-state index contributed by atoms with van der Waals surface area (Å²) in [6.07, 6.45) is 0.869. The smallest absolute Gasteiger partial charge is 0.220 e. The molecule has 2 fully saturated rings. The molecule has 1 amide bonds. The van der Waals surface area contributed by atoms with E-state index in [2.05, 4.69) is 0 Å². The number of carbonyl (C=O) groups excluding carboxylic acids is 1. The molecule has 0 saturated carbocycles. The topological polar surface area (TPSA) is 60.8 Å². The molecule has 0 spiro atoms. The predicted octanol–water partition coefficient (Wildman–Crippen LogP) is -0.509. The van der Waals surface area contributed by atoms with Gasteiger partial charge in [0.1, 0.15) is 6.10 Å². The molecular weight excluding hydrogens is 170 g/mol. The molecular formula is C9H15NO3. The van der Waals surface area contributed by atoms with Gasteiger partial charge in [-0.3, -0.25) is 4.79 Å². The van der Waals surface area contributed by atoms with Gasteiger partial charge in [-0.1, -0.05) is 0 Å². The second-order valence-corrected chi connectivity index (χ2v) is 4.02. The minimum absolute atomic E-state index is 0.0125. The van der Waals surface area contributed by atoms with Crippen molar-refractivity contribution in [2.45, 2.75) is 50.5 Å². The van der Waals surface area contributed by atoms with Crippen LogP contribution in [0.3, 0.4) is 0 Å². The van der Waals surface area contributed by atoms with Gasteiger partial charge in [0.05, 0.1) is 12.1 Å². The van der Waals surface area contributed by atoms with Gasteiger partial charge in [0.15, 0.2) is 0 Å². The molecule has 13 heavy (non-hydrogen) atoms. The molecule has 4 atom stereocenters. The third-order valence-corrected chi connectivity index (χ3v) is 3.21. The second-order valence-electron chi connectivity index (χ2n) is 4.02. The lowest BCUT2D eigenvalue weighted by atomic mass is 9.97. The molecule has 2 aliphatic rings. The third-order valence-electron chi connectivity index (χ3n) is 3.21. The second kappa shape index (κ2) is 2.96. The van der Waals surface area contributed by atoms with E-state index in [-0.39, 0.29) is 18.0 Å². The fraction of sp³-hybridized carbons (Fsp3) is 0.889. The molecule has 2 aliphatic heterocycles. The van der Waals surface area contributed by atoms with Crippen LogP contribution in [0, 0.1) is 0 Å². The number of rotatable bonds is 0. The van der Waals surface area contributed by atoms with Crippen molar-refractivity contribution in [2.75, 3.05) is 0 Å². The third kappa shape index (κ3) is 1.25. The zero-order valence-corrected chi connectivity index (χ0v) is 7.68. The van der Waals surface area contributed by atoms with Gasteiger partial charge in [-0.25, -0.2) is 0 Å². The van der Waals surface area contributed by atoms with E-state index >= 15 is 0 Å². The first-order chi connectivity index (χ1) is 6.11. The standard InChI is InChI=1S/C9H15NO3/c1-5(11)10-6-2-3-7(10)9(13)8(12)4-6/h6-9,12-13H,2-4H2,1H3/t6-,7+,8-,9-/m1/s1. The summed E-state index contributed by atoms with van der Waals surface area (Å²) >= 11 is 0. The summed E-state index contributed by atoms with van der Waals surface area (Å²) in [5.74, 6) is 0.0125.